The van der Waals surface area contributed by atoms with Gasteiger partial charge in [0.1, 0.15) is 5.75 Å². The van der Waals surface area contributed by atoms with E-state index >= 15 is 0 Å². The molecule has 8 heteroatoms. The number of methoxy groups -OCH3 is 1. The molecule has 0 aromatic heterocycles. The van der Waals surface area contributed by atoms with Crippen LogP contribution in [0.2, 0.25) is 0 Å². The number of nitrogens with one attached hydrogen (secondary N) is 1. The van der Waals surface area contributed by atoms with Crippen LogP contribution in [0.25, 0.3) is 0 Å². The van der Waals surface area contributed by atoms with Gasteiger partial charge in [0.25, 0.3) is 0 Å². The van der Waals surface area contributed by atoms with Crippen molar-refractivity contribution in [2.45, 2.75) is 25.1 Å². The lowest BCUT2D eigenvalue weighted by molar-refractivity contribution is 0.0169. The summed E-state index contributed by atoms with van der Waals surface area (Å²) in [5.41, 5.74) is 1.30. The molecule has 1 aromatic carbocycles. The lowest BCUT2D eigenvalue weighted by Crippen LogP contribution is -2.51. The van der Waals surface area contributed by atoms with Gasteiger partial charge >= 0.3 is 0 Å². The van der Waals surface area contributed by atoms with Gasteiger partial charge in [-0.2, -0.15) is 11.8 Å². The predicted molar refractivity (Wildman–Crippen MR) is 138 cm³/mol. The summed E-state index contributed by atoms with van der Waals surface area (Å²) >= 11 is 2.09. The van der Waals surface area contributed by atoms with Gasteiger partial charge in [-0.25, -0.2) is 0 Å². The molecule has 1 aromatic rings. The summed E-state index contributed by atoms with van der Waals surface area (Å²) in [6, 6.07) is 8.73. The molecule has 2 heterocycles. The molecule has 0 radical (unpaired) electrons. The van der Waals surface area contributed by atoms with Gasteiger partial charge in [-0.1, -0.05) is 26.0 Å². The first-order chi connectivity index (χ1) is 14.1. The molecule has 0 aliphatic carbocycles. The van der Waals surface area contributed by atoms with Crippen molar-refractivity contribution in [3.05, 3.63) is 29.8 Å². The van der Waals surface area contributed by atoms with Crippen LogP contribution in [0, 0.1) is 5.92 Å². The third kappa shape index (κ3) is 6.90. The van der Waals surface area contributed by atoms with Gasteiger partial charge in [-0.05, 0) is 23.6 Å². The van der Waals surface area contributed by atoms with Crippen molar-refractivity contribution < 1.29 is 9.47 Å². The van der Waals surface area contributed by atoms with Crippen LogP contribution in [-0.2, 0) is 4.74 Å². The molecule has 30 heavy (non-hydrogen) atoms. The SMILES string of the molecule is CN=C(NCC(c1ccc(OC)cc1)N1CCOCC1)N1CCSC(C(C)C)C1.I. The summed E-state index contributed by atoms with van der Waals surface area (Å²) in [5, 5.41) is 4.34. The predicted octanol–water partition coefficient (Wildman–Crippen LogP) is 3.34. The summed E-state index contributed by atoms with van der Waals surface area (Å²) in [6.07, 6.45) is 0. The van der Waals surface area contributed by atoms with E-state index < -0.39 is 0 Å². The van der Waals surface area contributed by atoms with Crippen molar-refractivity contribution in [1.29, 1.82) is 0 Å². The Hall–Kier alpha value is -0.710. The molecule has 0 amide bonds. The highest BCUT2D eigenvalue weighted by atomic mass is 127. The third-order valence-corrected chi connectivity index (χ3v) is 7.33. The fourth-order valence-electron chi connectivity index (χ4n) is 3.96. The summed E-state index contributed by atoms with van der Waals surface area (Å²) in [5.74, 6) is 3.75. The van der Waals surface area contributed by atoms with Gasteiger partial charge in [0.2, 0.25) is 0 Å². The molecule has 2 aliphatic heterocycles. The Bertz CT molecular complexity index is 653. The monoisotopic (exact) mass is 548 g/mol. The van der Waals surface area contributed by atoms with Crippen LogP contribution in [0.1, 0.15) is 25.5 Å². The van der Waals surface area contributed by atoms with Gasteiger partial charge in [-0.3, -0.25) is 9.89 Å². The van der Waals surface area contributed by atoms with Crippen LogP contribution in [0.3, 0.4) is 0 Å². The van der Waals surface area contributed by atoms with E-state index in [0.29, 0.717) is 11.2 Å². The van der Waals surface area contributed by atoms with E-state index in [0.717, 1.165) is 63.4 Å². The quantitative estimate of drug-likeness (QED) is 0.335. The second-order valence-electron chi connectivity index (χ2n) is 7.96. The van der Waals surface area contributed by atoms with E-state index in [1.54, 1.807) is 7.11 Å². The first kappa shape index (κ1) is 25.5. The minimum absolute atomic E-state index is 0. The summed E-state index contributed by atoms with van der Waals surface area (Å²) in [6.45, 7) is 11.1. The second-order valence-corrected chi connectivity index (χ2v) is 9.31. The smallest absolute Gasteiger partial charge is 0.193 e. The van der Waals surface area contributed by atoms with Crippen molar-refractivity contribution in [2.24, 2.45) is 10.9 Å². The van der Waals surface area contributed by atoms with Crippen molar-refractivity contribution in [2.75, 3.05) is 65.8 Å². The number of rotatable bonds is 6. The number of ether oxygens (including phenoxy) is 2. The maximum absolute atomic E-state index is 5.58. The van der Waals surface area contributed by atoms with Gasteiger partial charge in [-0.15, -0.1) is 24.0 Å². The van der Waals surface area contributed by atoms with Gasteiger partial charge in [0.15, 0.2) is 5.96 Å². The normalized spacial score (nSPS) is 21.8. The highest BCUT2D eigenvalue weighted by Crippen LogP contribution is 2.26. The number of nitrogens with zero attached hydrogens (tertiary/aromatic N) is 3. The van der Waals surface area contributed by atoms with E-state index in [2.05, 4.69) is 57.9 Å². The lowest BCUT2D eigenvalue weighted by Gasteiger charge is -2.38. The summed E-state index contributed by atoms with van der Waals surface area (Å²) in [4.78, 5) is 9.53. The second kappa shape index (κ2) is 13.0. The van der Waals surface area contributed by atoms with Gasteiger partial charge in [0, 0.05) is 50.8 Å². The number of guanidine groups is 1. The average molecular weight is 549 g/mol. The molecule has 2 aliphatic rings. The molecule has 0 bridgehead atoms. The number of hydrogen-bond acceptors (Lipinski definition) is 5. The minimum atomic E-state index is 0. The number of halogens is 1. The first-order valence-corrected chi connectivity index (χ1v) is 11.7. The number of morpholine rings is 1. The fraction of sp³-hybridized carbons (Fsp3) is 0.682. The largest absolute Gasteiger partial charge is 0.497 e. The highest BCUT2D eigenvalue weighted by molar-refractivity contribution is 14.0. The molecule has 0 spiro atoms. The van der Waals surface area contributed by atoms with Crippen LogP contribution < -0.4 is 10.1 Å². The average Bonchev–Trinajstić information content (AvgIpc) is 2.77. The summed E-state index contributed by atoms with van der Waals surface area (Å²) in [7, 11) is 3.60. The maximum Gasteiger partial charge on any atom is 0.193 e. The number of benzene rings is 1. The minimum Gasteiger partial charge on any atom is -0.497 e. The van der Waals surface area contributed by atoms with Crippen molar-refractivity contribution in [3.8, 4) is 5.75 Å². The zero-order chi connectivity index (χ0) is 20.6. The molecule has 3 rings (SSSR count). The Morgan fingerprint density at radius 1 is 1.23 bits per heavy atom. The van der Waals surface area contributed by atoms with Crippen molar-refractivity contribution in [3.63, 3.8) is 0 Å². The fourth-order valence-corrected chi connectivity index (χ4v) is 5.26. The van der Waals surface area contributed by atoms with Crippen LogP contribution in [0.5, 0.6) is 5.75 Å². The molecule has 0 saturated carbocycles. The van der Waals surface area contributed by atoms with Crippen molar-refractivity contribution >= 4 is 41.7 Å². The van der Waals surface area contributed by atoms with E-state index in [1.807, 2.05) is 19.2 Å². The van der Waals surface area contributed by atoms with E-state index in [1.165, 1.54) is 5.56 Å². The Balaban J connectivity index is 0.00000320. The van der Waals surface area contributed by atoms with E-state index in [4.69, 9.17) is 9.47 Å². The molecular formula is C22H37IN4O2S. The van der Waals surface area contributed by atoms with Crippen LogP contribution in [-0.4, -0.2) is 86.9 Å². The highest BCUT2D eigenvalue weighted by Gasteiger charge is 2.27. The standard InChI is InChI=1S/C22H36N4O2S.HI/c1-17(2)21-16-26(11-14-29-21)22(23-3)24-15-20(25-9-12-28-13-10-25)18-5-7-19(27-4)8-6-18;/h5-8,17,20-21H,9-16H2,1-4H3,(H,23,24);1H. The molecule has 2 saturated heterocycles. The lowest BCUT2D eigenvalue weighted by atomic mass is 10.0. The third-order valence-electron chi connectivity index (χ3n) is 5.79. The zero-order valence-electron chi connectivity index (χ0n) is 18.7. The van der Waals surface area contributed by atoms with Gasteiger partial charge in [0.05, 0.1) is 26.4 Å². The Labute approximate surface area is 203 Å². The number of thioether (sulfide) groups is 1. The first-order valence-electron chi connectivity index (χ1n) is 10.6. The van der Waals surface area contributed by atoms with E-state index in [9.17, 15) is 0 Å². The Morgan fingerprint density at radius 3 is 2.53 bits per heavy atom. The summed E-state index contributed by atoms with van der Waals surface area (Å²) < 4.78 is 10.9. The molecule has 2 atom stereocenters. The van der Waals surface area contributed by atoms with Crippen LogP contribution >= 0.6 is 35.7 Å². The van der Waals surface area contributed by atoms with Crippen LogP contribution in [0.4, 0.5) is 0 Å². The molecule has 170 valence electrons. The molecule has 6 nitrogen and oxygen atoms in total. The number of hydrogen-bond donors (Lipinski definition) is 1. The van der Waals surface area contributed by atoms with Gasteiger partial charge < -0.3 is 19.7 Å². The Morgan fingerprint density at radius 2 is 1.93 bits per heavy atom. The molecular weight excluding hydrogens is 511 g/mol. The van der Waals surface area contributed by atoms with Crippen molar-refractivity contribution in [1.82, 2.24) is 15.1 Å². The zero-order valence-corrected chi connectivity index (χ0v) is 21.8. The van der Waals surface area contributed by atoms with Crippen LogP contribution in [0.15, 0.2) is 29.3 Å². The van der Waals surface area contributed by atoms with E-state index in [-0.39, 0.29) is 30.0 Å². The number of aliphatic imine (C=N–C) groups is 1. The molecule has 1 N–H and O–H groups in total. The Kier molecular flexibility index (Phi) is 11.1. The topological polar surface area (TPSA) is 49.3 Å². The maximum atomic E-state index is 5.58. The molecule has 2 fully saturated rings. The molecule has 2 unspecified atom stereocenters.